The second-order valence-electron chi connectivity index (χ2n) is 4.92. The summed E-state index contributed by atoms with van der Waals surface area (Å²) in [6, 6.07) is 0.795. The Hall–Kier alpha value is -0.120. The highest BCUT2D eigenvalue weighted by Gasteiger charge is 2.32. The summed E-state index contributed by atoms with van der Waals surface area (Å²) in [7, 11) is 0. The second-order valence-corrected chi connectivity index (χ2v) is 4.92. The van der Waals surface area contributed by atoms with Crippen LogP contribution in [0.2, 0.25) is 0 Å². The first kappa shape index (κ1) is 12.9. The van der Waals surface area contributed by atoms with E-state index < -0.39 is 0 Å². The molecule has 0 bridgehead atoms. The van der Waals surface area contributed by atoms with Crippen molar-refractivity contribution in [3.05, 3.63) is 0 Å². The molecule has 15 heavy (non-hydrogen) atoms. The molecule has 3 N–H and O–H groups in total. The van der Waals surface area contributed by atoms with Crippen LogP contribution in [-0.2, 0) is 0 Å². The molecule has 1 rings (SSSR count). The smallest absolute Gasteiger partial charge is 0.0602 e. The summed E-state index contributed by atoms with van der Waals surface area (Å²) in [4.78, 5) is 2.41. The van der Waals surface area contributed by atoms with Gasteiger partial charge < -0.3 is 10.8 Å². The van der Waals surface area contributed by atoms with Gasteiger partial charge >= 0.3 is 0 Å². The molecule has 4 unspecified atom stereocenters. The minimum atomic E-state index is 0.0998. The number of hydrogen-bond acceptors (Lipinski definition) is 3. The molecule has 1 aliphatic heterocycles. The molecule has 0 aliphatic carbocycles. The van der Waals surface area contributed by atoms with Gasteiger partial charge in [0, 0.05) is 18.1 Å². The molecule has 1 heterocycles. The van der Waals surface area contributed by atoms with Crippen molar-refractivity contribution in [2.45, 2.75) is 58.2 Å². The van der Waals surface area contributed by atoms with E-state index in [1.54, 1.807) is 0 Å². The Bertz CT molecular complexity index is 186. The monoisotopic (exact) mass is 214 g/mol. The van der Waals surface area contributed by atoms with Gasteiger partial charge in [-0.05, 0) is 38.6 Å². The number of likely N-dealkylation sites (tertiary alicyclic amines) is 1. The Labute approximate surface area is 93.6 Å². The zero-order chi connectivity index (χ0) is 11.4. The Morgan fingerprint density at radius 2 is 2.13 bits per heavy atom. The summed E-state index contributed by atoms with van der Waals surface area (Å²) in [6.07, 6.45) is 3.47. The van der Waals surface area contributed by atoms with Crippen molar-refractivity contribution in [2.75, 3.05) is 13.2 Å². The number of aliphatic hydroxyl groups is 1. The lowest BCUT2D eigenvalue weighted by Crippen LogP contribution is -2.56. The maximum atomic E-state index is 9.46. The summed E-state index contributed by atoms with van der Waals surface area (Å²) >= 11 is 0. The van der Waals surface area contributed by atoms with Crippen LogP contribution >= 0.6 is 0 Å². The molecule has 0 spiro atoms. The third-order valence-corrected chi connectivity index (χ3v) is 4.00. The van der Waals surface area contributed by atoms with Crippen LogP contribution in [0.5, 0.6) is 0 Å². The highest BCUT2D eigenvalue weighted by molar-refractivity contribution is 4.88. The van der Waals surface area contributed by atoms with Crippen molar-refractivity contribution in [1.29, 1.82) is 0 Å². The SMILES string of the molecule is CCC(N)C(CO)N1CCCC(C)C1C. The first-order valence-corrected chi connectivity index (χ1v) is 6.24. The number of hydrogen-bond donors (Lipinski definition) is 2. The lowest BCUT2D eigenvalue weighted by Gasteiger charge is -2.44. The van der Waals surface area contributed by atoms with Gasteiger partial charge in [0.25, 0.3) is 0 Å². The second kappa shape index (κ2) is 5.83. The molecule has 0 aromatic rings. The first-order valence-electron chi connectivity index (χ1n) is 6.24. The molecule has 0 aromatic carbocycles. The summed E-state index contributed by atoms with van der Waals surface area (Å²) in [5.41, 5.74) is 6.06. The Morgan fingerprint density at radius 3 is 2.67 bits per heavy atom. The number of piperidine rings is 1. The lowest BCUT2D eigenvalue weighted by atomic mass is 9.89. The third-order valence-electron chi connectivity index (χ3n) is 4.00. The molecule has 0 amide bonds. The molecule has 0 saturated carbocycles. The van der Waals surface area contributed by atoms with Crippen molar-refractivity contribution in [1.82, 2.24) is 4.90 Å². The predicted molar refractivity (Wildman–Crippen MR) is 63.7 cm³/mol. The van der Waals surface area contributed by atoms with Crippen LogP contribution in [0.4, 0.5) is 0 Å². The van der Waals surface area contributed by atoms with E-state index in [4.69, 9.17) is 5.73 Å². The van der Waals surface area contributed by atoms with E-state index in [0.29, 0.717) is 6.04 Å². The standard InChI is InChI=1S/C12H26N2O/c1-4-11(13)12(8-15)14-7-5-6-9(2)10(14)3/h9-12,15H,4-8,13H2,1-3H3. The van der Waals surface area contributed by atoms with Gasteiger partial charge in [-0.3, -0.25) is 4.90 Å². The van der Waals surface area contributed by atoms with Crippen molar-refractivity contribution in [3.63, 3.8) is 0 Å². The van der Waals surface area contributed by atoms with Gasteiger partial charge in [0.1, 0.15) is 0 Å². The van der Waals surface area contributed by atoms with Crippen LogP contribution in [0.1, 0.15) is 40.0 Å². The highest BCUT2D eigenvalue weighted by atomic mass is 16.3. The first-order chi connectivity index (χ1) is 7.11. The van der Waals surface area contributed by atoms with E-state index in [1.165, 1.54) is 12.8 Å². The van der Waals surface area contributed by atoms with Crippen molar-refractivity contribution < 1.29 is 5.11 Å². The summed E-state index contributed by atoms with van der Waals surface area (Å²) < 4.78 is 0. The summed E-state index contributed by atoms with van der Waals surface area (Å²) in [5.74, 6) is 0.719. The van der Waals surface area contributed by atoms with Gasteiger partial charge in [0.05, 0.1) is 6.61 Å². The fraction of sp³-hybridized carbons (Fsp3) is 1.00. The van der Waals surface area contributed by atoms with Crippen LogP contribution in [0, 0.1) is 5.92 Å². The van der Waals surface area contributed by atoms with Crippen LogP contribution < -0.4 is 5.73 Å². The summed E-state index contributed by atoms with van der Waals surface area (Å²) in [5, 5.41) is 9.46. The quantitative estimate of drug-likeness (QED) is 0.739. The lowest BCUT2D eigenvalue weighted by molar-refractivity contribution is 0.0259. The molecule has 0 radical (unpaired) electrons. The molecule has 3 heteroatoms. The van der Waals surface area contributed by atoms with E-state index >= 15 is 0 Å². The Kier molecular flexibility index (Phi) is 5.03. The minimum absolute atomic E-state index is 0.0998. The number of rotatable bonds is 4. The zero-order valence-electron chi connectivity index (χ0n) is 10.3. The van der Waals surface area contributed by atoms with E-state index in [0.717, 1.165) is 18.9 Å². The molecule has 0 aromatic heterocycles. The highest BCUT2D eigenvalue weighted by Crippen LogP contribution is 2.25. The van der Waals surface area contributed by atoms with Crippen LogP contribution in [0.25, 0.3) is 0 Å². The number of aliphatic hydroxyl groups excluding tert-OH is 1. The van der Waals surface area contributed by atoms with Gasteiger partial charge in [-0.2, -0.15) is 0 Å². The van der Waals surface area contributed by atoms with E-state index in [2.05, 4.69) is 25.7 Å². The van der Waals surface area contributed by atoms with E-state index in [9.17, 15) is 5.11 Å². The number of nitrogens with two attached hydrogens (primary N) is 1. The van der Waals surface area contributed by atoms with Crippen molar-refractivity contribution in [2.24, 2.45) is 11.7 Å². The molecule has 90 valence electrons. The van der Waals surface area contributed by atoms with Gasteiger partial charge in [-0.25, -0.2) is 0 Å². The molecular formula is C12H26N2O. The average Bonchev–Trinajstić information content (AvgIpc) is 2.24. The predicted octanol–water partition coefficient (Wildman–Crippen LogP) is 1.20. The fourth-order valence-corrected chi connectivity index (χ4v) is 2.59. The molecular weight excluding hydrogens is 188 g/mol. The molecule has 1 aliphatic rings. The Balaban J connectivity index is 2.65. The topological polar surface area (TPSA) is 49.5 Å². The maximum absolute atomic E-state index is 9.46. The average molecular weight is 214 g/mol. The van der Waals surface area contributed by atoms with Crippen molar-refractivity contribution >= 4 is 0 Å². The minimum Gasteiger partial charge on any atom is -0.395 e. The fourth-order valence-electron chi connectivity index (χ4n) is 2.59. The molecule has 4 atom stereocenters. The van der Waals surface area contributed by atoms with Gasteiger partial charge in [-0.15, -0.1) is 0 Å². The third kappa shape index (κ3) is 2.92. The van der Waals surface area contributed by atoms with Crippen LogP contribution in [0.3, 0.4) is 0 Å². The largest absolute Gasteiger partial charge is 0.395 e. The van der Waals surface area contributed by atoms with Crippen LogP contribution in [0.15, 0.2) is 0 Å². The van der Waals surface area contributed by atoms with E-state index in [-0.39, 0.29) is 18.7 Å². The molecule has 3 nitrogen and oxygen atoms in total. The normalized spacial score (nSPS) is 32.6. The maximum Gasteiger partial charge on any atom is 0.0602 e. The van der Waals surface area contributed by atoms with Gasteiger partial charge in [-0.1, -0.05) is 13.8 Å². The van der Waals surface area contributed by atoms with Gasteiger partial charge in [0.15, 0.2) is 0 Å². The van der Waals surface area contributed by atoms with Crippen molar-refractivity contribution in [3.8, 4) is 0 Å². The molecule has 1 saturated heterocycles. The summed E-state index contributed by atoms with van der Waals surface area (Å²) in [6.45, 7) is 7.92. The van der Waals surface area contributed by atoms with Crippen LogP contribution in [-0.4, -0.2) is 41.3 Å². The zero-order valence-corrected chi connectivity index (χ0v) is 10.3. The van der Waals surface area contributed by atoms with E-state index in [1.807, 2.05) is 0 Å². The molecule has 1 fully saturated rings. The van der Waals surface area contributed by atoms with Gasteiger partial charge in [0.2, 0.25) is 0 Å². The Morgan fingerprint density at radius 1 is 1.47 bits per heavy atom. The number of nitrogens with zero attached hydrogens (tertiary/aromatic N) is 1.